The largest absolute Gasteiger partial charge is 0.381 e. The molecule has 0 N–H and O–H groups in total. The van der Waals surface area contributed by atoms with E-state index in [2.05, 4.69) is 48.5 Å². The molecule has 0 spiro atoms. The molecule has 0 bridgehead atoms. The van der Waals surface area contributed by atoms with E-state index in [0.717, 1.165) is 39.6 Å². The molecule has 0 radical (unpaired) electrons. The molecule has 3 heterocycles. The summed E-state index contributed by atoms with van der Waals surface area (Å²) in [6.07, 6.45) is 7.67. The summed E-state index contributed by atoms with van der Waals surface area (Å²) >= 11 is 0. The van der Waals surface area contributed by atoms with Crippen LogP contribution in [0.25, 0.3) is 10.8 Å². The van der Waals surface area contributed by atoms with Crippen molar-refractivity contribution in [3.05, 3.63) is 48.5 Å². The van der Waals surface area contributed by atoms with E-state index in [0.29, 0.717) is 0 Å². The molecule has 3 fully saturated rings. The van der Waals surface area contributed by atoms with Gasteiger partial charge >= 0.3 is 0 Å². The molecule has 0 unspecified atom stereocenters. The molecule has 0 atom stereocenters. The molecule has 2 aromatic carbocycles. The topological polar surface area (TPSA) is 27.7 Å². The number of benzene rings is 2. The first-order chi connectivity index (χ1) is 12.5. The van der Waals surface area contributed by atoms with Crippen LogP contribution in [0, 0.1) is 40.4 Å². The monoisotopic (exact) mass is 496 g/mol. The van der Waals surface area contributed by atoms with Gasteiger partial charge in [0.15, 0.2) is 0 Å². The van der Waals surface area contributed by atoms with Crippen LogP contribution in [0.1, 0.15) is 38.5 Å². The minimum atomic E-state index is 0. The fourth-order valence-corrected chi connectivity index (χ4v) is 2.66. The number of fused-ring (bicyclic) bond motifs is 1. The molecule has 2 aromatic rings. The van der Waals surface area contributed by atoms with Crippen molar-refractivity contribution in [2.75, 3.05) is 39.6 Å². The molecule has 0 aromatic heterocycles. The second-order valence-corrected chi connectivity index (χ2v) is 6.31. The summed E-state index contributed by atoms with van der Waals surface area (Å²) in [6, 6.07) is 16.7. The van der Waals surface area contributed by atoms with E-state index in [-0.39, 0.29) is 40.4 Å². The van der Waals surface area contributed by atoms with Gasteiger partial charge in [-0.3, -0.25) is 0 Å². The quantitative estimate of drug-likeness (QED) is 0.502. The van der Waals surface area contributed by atoms with Gasteiger partial charge in [-0.05, 0) is 49.3 Å². The van der Waals surface area contributed by atoms with Gasteiger partial charge in [-0.1, -0.05) is 48.5 Å². The van der Waals surface area contributed by atoms with Crippen molar-refractivity contribution in [1.82, 2.24) is 0 Å². The molecule has 0 amide bonds. The molecular formula is C22H32O3Sm. The van der Waals surface area contributed by atoms with Crippen LogP contribution in [-0.2, 0) is 14.2 Å². The van der Waals surface area contributed by atoms with Crippen molar-refractivity contribution in [2.24, 2.45) is 0 Å². The second kappa shape index (κ2) is 17.0. The minimum Gasteiger partial charge on any atom is -0.381 e. The third-order valence-electron chi connectivity index (χ3n) is 4.14. The fraction of sp³-hybridized carbons (Fsp3) is 0.545. The van der Waals surface area contributed by atoms with Crippen LogP contribution in [0.15, 0.2) is 48.5 Å². The van der Waals surface area contributed by atoms with Crippen molar-refractivity contribution in [3.8, 4) is 0 Å². The van der Waals surface area contributed by atoms with E-state index in [1.807, 2.05) is 0 Å². The summed E-state index contributed by atoms with van der Waals surface area (Å²) in [7, 11) is 0. The van der Waals surface area contributed by atoms with Gasteiger partial charge in [-0.25, -0.2) is 0 Å². The fourth-order valence-electron chi connectivity index (χ4n) is 2.66. The smallest absolute Gasteiger partial charge is 0.0466 e. The Kier molecular flexibility index (Phi) is 15.7. The summed E-state index contributed by atoms with van der Waals surface area (Å²) in [4.78, 5) is 0. The Balaban J connectivity index is 0.000000182. The van der Waals surface area contributed by atoms with Crippen LogP contribution in [0.2, 0.25) is 0 Å². The van der Waals surface area contributed by atoms with Gasteiger partial charge < -0.3 is 14.2 Å². The molecule has 144 valence electrons. The van der Waals surface area contributed by atoms with Gasteiger partial charge in [-0.15, -0.1) is 0 Å². The average Bonchev–Trinajstić information content (AvgIpc) is 3.49. The molecule has 3 saturated heterocycles. The Morgan fingerprint density at radius 3 is 0.808 bits per heavy atom. The zero-order chi connectivity index (χ0) is 17.4. The van der Waals surface area contributed by atoms with Gasteiger partial charge in [0.25, 0.3) is 0 Å². The molecule has 26 heavy (non-hydrogen) atoms. The predicted octanol–water partition coefficient (Wildman–Crippen LogP) is 5.23. The van der Waals surface area contributed by atoms with Crippen LogP contribution in [0.5, 0.6) is 0 Å². The van der Waals surface area contributed by atoms with Crippen molar-refractivity contribution >= 4 is 10.8 Å². The predicted molar refractivity (Wildman–Crippen MR) is 104 cm³/mol. The number of hydrogen-bond donors (Lipinski definition) is 0. The average molecular weight is 495 g/mol. The van der Waals surface area contributed by atoms with E-state index >= 15 is 0 Å². The third kappa shape index (κ3) is 11.6. The van der Waals surface area contributed by atoms with Gasteiger partial charge in [0.05, 0.1) is 0 Å². The van der Waals surface area contributed by atoms with Crippen LogP contribution in [-0.4, -0.2) is 39.6 Å². The van der Waals surface area contributed by atoms with Crippen LogP contribution < -0.4 is 0 Å². The number of hydrogen-bond acceptors (Lipinski definition) is 3. The van der Waals surface area contributed by atoms with E-state index < -0.39 is 0 Å². The first-order valence-electron chi connectivity index (χ1n) is 9.64. The molecule has 3 aliphatic rings. The van der Waals surface area contributed by atoms with Crippen LogP contribution in [0.4, 0.5) is 0 Å². The standard InChI is InChI=1S/C10H8.3C4H8O.Sm/c1-2-6-10-8-4-3-7-9(10)5-1;3*1-2-4-5-3-1;/h1-8H;3*1-4H2;. The van der Waals surface area contributed by atoms with Crippen molar-refractivity contribution in [2.45, 2.75) is 38.5 Å². The molecular weight excluding hydrogens is 463 g/mol. The molecule has 0 aliphatic carbocycles. The summed E-state index contributed by atoms with van der Waals surface area (Å²) < 4.78 is 14.8. The summed E-state index contributed by atoms with van der Waals surface area (Å²) in [5.74, 6) is 0. The maximum Gasteiger partial charge on any atom is 0.0466 e. The molecule has 0 saturated carbocycles. The van der Waals surface area contributed by atoms with E-state index in [9.17, 15) is 0 Å². The Hall–Kier alpha value is -0.0823. The first kappa shape index (κ1) is 24.0. The van der Waals surface area contributed by atoms with Crippen molar-refractivity contribution in [3.63, 3.8) is 0 Å². The van der Waals surface area contributed by atoms with Crippen molar-refractivity contribution in [1.29, 1.82) is 0 Å². The zero-order valence-electron chi connectivity index (χ0n) is 15.7. The van der Waals surface area contributed by atoms with Crippen molar-refractivity contribution < 1.29 is 54.6 Å². The normalized spacial score (nSPS) is 17.7. The third-order valence-corrected chi connectivity index (χ3v) is 4.14. The zero-order valence-corrected chi connectivity index (χ0v) is 18.4. The Labute approximate surface area is 190 Å². The van der Waals surface area contributed by atoms with Gasteiger partial charge in [0.2, 0.25) is 0 Å². The Morgan fingerprint density at radius 1 is 0.423 bits per heavy atom. The Bertz CT molecular complexity index is 438. The maximum absolute atomic E-state index is 4.94. The molecule has 3 aliphatic heterocycles. The maximum atomic E-state index is 4.94. The SMILES string of the molecule is C1CCOC1.C1CCOC1.C1CCOC1.[Sm].c1ccc2ccccc2c1. The second-order valence-electron chi connectivity index (χ2n) is 6.31. The summed E-state index contributed by atoms with van der Waals surface area (Å²) in [5.41, 5.74) is 0. The van der Waals surface area contributed by atoms with Crippen LogP contribution >= 0.6 is 0 Å². The number of ether oxygens (including phenoxy) is 3. The minimum absolute atomic E-state index is 0. The van der Waals surface area contributed by atoms with Gasteiger partial charge in [-0.2, -0.15) is 0 Å². The van der Waals surface area contributed by atoms with E-state index in [4.69, 9.17) is 14.2 Å². The molecule has 4 heteroatoms. The Morgan fingerprint density at radius 2 is 0.654 bits per heavy atom. The first-order valence-corrected chi connectivity index (χ1v) is 9.64. The van der Waals surface area contributed by atoms with Gasteiger partial charge in [0.1, 0.15) is 0 Å². The summed E-state index contributed by atoms with van der Waals surface area (Å²) in [6.45, 7) is 6.00. The molecule has 5 rings (SSSR count). The molecule has 3 nitrogen and oxygen atoms in total. The van der Waals surface area contributed by atoms with E-state index in [1.54, 1.807) is 0 Å². The van der Waals surface area contributed by atoms with Crippen LogP contribution in [0.3, 0.4) is 0 Å². The summed E-state index contributed by atoms with van der Waals surface area (Å²) in [5, 5.41) is 2.62. The number of rotatable bonds is 0. The van der Waals surface area contributed by atoms with E-state index in [1.165, 1.54) is 49.3 Å². The van der Waals surface area contributed by atoms with Gasteiger partial charge in [0, 0.05) is 80.0 Å².